The van der Waals surface area contributed by atoms with E-state index in [1.54, 1.807) is 48.2 Å². The van der Waals surface area contributed by atoms with Gasteiger partial charge in [0.1, 0.15) is 5.82 Å². The largest absolute Gasteiger partial charge is 0.325 e. The molecule has 0 aliphatic heterocycles. The van der Waals surface area contributed by atoms with Gasteiger partial charge in [-0.2, -0.15) is 0 Å². The first kappa shape index (κ1) is 17.2. The van der Waals surface area contributed by atoms with E-state index in [-0.39, 0.29) is 17.5 Å². The summed E-state index contributed by atoms with van der Waals surface area (Å²) in [4.78, 5) is 24.4. The fourth-order valence-electron chi connectivity index (χ4n) is 2.07. The number of thioether (sulfide) groups is 1. The average Bonchev–Trinajstić information content (AvgIpc) is 2.53. The van der Waals surface area contributed by atoms with Gasteiger partial charge in [-0.05, 0) is 55.5 Å². The van der Waals surface area contributed by atoms with Crippen molar-refractivity contribution in [3.8, 4) is 0 Å². The molecular weight excluding hydrogens is 313 g/mol. The zero-order valence-electron chi connectivity index (χ0n) is 12.8. The van der Waals surface area contributed by atoms with E-state index < -0.39 is 0 Å². The minimum atomic E-state index is -0.252. The highest BCUT2D eigenvalue weighted by Crippen LogP contribution is 2.20. The maximum Gasteiger partial charge on any atom is 0.224 e. The minimum Gasteiger partial charge on any atom is -0.325 e. The van der Waals surface area contributed by atoms with Gasteiger partial charge < -0.3 is 5.32 Å². The zero-order chi connectivity index (χ0) is 16.7. The summed E-state index contributed by atoms with van der Waals surface area (Å²) in [5, 5.41) is 2.78. The molecule has 0 unspecified atom stereocenters. The van der Waals surface area contributed by atoms with Crippen LogP contribution in [-0.2, 0) is 4.79 Å². The number of rotatable bonds is 7. The minimum absolute atomic E-state index is 0.0761. The average molecular weight is 331 g/mol. The molecule has 0 atom stereocenters. The molecule has 0 radical (unpaired) electrons. The van der Waals surface area contributed by atoms with Crippen LogP contribution < -0.4 is 5.32 Å². The fourth-order valence-corrected chi connectivity index (χ4v) is 2.92. The first-order chi connectivity index (χ1) is 11.1. The molecule has 0 heterocycles. The Balaban J connectivity index is 1.77. The van der Waals surface area contributed by atoms with Crippen LogP contribution in [0.25, 0.3) is 0 Å². The lowest BCUT2D eigenvalue weighted by atomic mass is 10.1. The van der Waals surface area contributed by atoms with Gasteiger partial charge in [0.25, 0.3) is 0 Å². The fraction of sp³-hybridized carbons (Fsp3) is 0.222. The van der Waals surface area contributed by atoms with E-state index in [0.717, 1.165) is 10.6 Å². The molecular formula is C18H18FNO2S. The lowest BCUT2D eigenvalue weighted by molar-refractivity contribution is -0.116. The number of hydrogen-bond acceptors (Lipinski definition) is 3. The third-order valence-electron chi connectivity index (χ3n) is 3.21. The van der Waals surface area contributed by atoms with Crippen LogP contribution in [0.1, 0.15) is 30.1 Å². The summed E-state index contributed by atoms with van der Waals surface area (Å²) in [6.07, 6.45) is 1.08. The summed E-state index contributed by atoms with van der Waals surface area (Å²) in [6, 6.07) is 13.3. The summed E-state index contributed by atoms with van der Waals surface area (Å²) in [7, 11) is 0. The second-order valence-electron chi connectivity index (χ2n) is 5.06. The smallest absolute Gasteiger partial charge is 0.224 e. The molecule has 2 aromatic rings. The van der Waals surface area contributed by atoms with Crippen molar-refractivity contribution in [1.82, 2.24) is 0 Å². The normalized spacial score (nSPS) is 10.3. The highest BCUT2D eigenvalue weighted by atomic mass is 32.2. The topological polar surface area (TPSA) is 46.2 Å². The summed E-state index contributed by atoms with van der Waals surface area (Å²) >= 11 is 1.58. The molecule has 2 rings (SSSR count). The lowest BCUT2D eigenvalue weighted by Gasteiger charge is -2.09. The van der Waals surface area contributed by atoms with E-state index in [1.165, 1.54) is 19.1 Å². The van der Waals surface area contributed by atoms with Crippen LogP contribution in [0.2, 0.25) is 0 Å². The van der Waals surface area contributed by atoms with Gasteiger partial charge in [0.15, 0.2) is 5.78 Å². The van der Waals surface area contributed by atoms with Crippen molar-refractivity contribution in [2.24, 2.45) is 0 Å². The van der Waals surface area contributed by atoms with Crippen molar-refractivity contribution in [3.05, 3.63) is 59.9 Å². The van der Waals surface area contributed by atoms with Crippen LogP contribution in [0.5, 0.6) is 0 Å². The molecule has 1 N–H and O–H groups in total. The molecule has 0 saturated heterocycles. The number of halogens is 1. The second kappa shape index (κ2) is 8.48. The Hall–Kier alpha value is -2.14. The van der Waals surface area contributed by atoms with Crippen LogP contribution in [0.4, 0.5) is 10.1 Å². The van der Waals surface area contributed by atoms with Crippen molar-refractivity contribution in [3.63, 3.8) is 0 Å². The van der Waals surface area contributed by atoms with Gasteiger partial charge in [-0.3, -0.25) is 9.59 Å². The van der Waals surface area contributed by atoms with Gasteiger partial charge >= 0.3 is 0 Å². The monoisotopic (exact) mass is 331 g/mol. The van der Waals surface area contributed by atoms with Crippen LogP contribution in [0, 0.1) is 5.82 Å². The van der Waals surface area contributed by atoms with Gasteiger partial charge in [0.2, 0.25) is 5.91 Å². The van der Waals surface area contributed by atoms with Crippen molar-refractivity contribution in [2.45, 2.75) is 24.7 Å². The van der Waals surface area contributed by atoms with Crippen molar-refractivity contribution < 1.29 is 14.0 Å². The summed E-state index contributed by atoms with van der Waals surface area (Å²) in [5.41, 5.74) is 1.07. The molecule has 23 heavy (non-hydrogen) atoms. The second-order valence-corrected chi connectivity index (χ2v) is 6.22. The molecule has 1 amide bonds. The standard InChI is InChI=1S/C18H18FNO2S/c1-13(21)16-5-2-3-6-17(16)20-18(22)7-4-12-23-15-10-8-14(19)9-11-15/h2-3,5-6,8-11H,4,7,12H2,1H3,(H,20,22). The molecule has 3 nitrogen and oxygen atoms in total. The number of nitrogens with one attached hydrogen (secondary N) is 1. The SMILES string of the molecule is CC(=O)c1ccccc1NC(=O)CCCSc1ccc(F)cc1. The van der Waals surface area contributed by atoms with Crippen LogP contribution >= 0.6 is 11.8 Å². The molecule has 0 fully saturated rings. The zero-order valence-corrected chi connectivity index (χ0v) is 13.7. The molecule has 0 bridgehead atoms. The third-order valence-corrected chi connectivity index (χ3v) is 4.31. The Morgan fingerprint density at radius 3 is 2.48 bits per heavy atom. The molecule has 120 valence electrons. The van der Waals surface area contributed by atoms with Crippen LogP contribution in [0.15, 0.2) is 53.4 Å². The van der Waals surface area contributed by atoms with E-state index in [2.05, 4.69) is 5.32 Å². The van der Waals surface area contributed by atoms with Crippen LogP contribution in [0.3, 0.4) is 0 Å². The predicted octanol–water partition coefficient (Wildman–Crippen LogP) is 4.54. The van der Waals surface area contributed by atoms with Gasteiger partial charge in [0.05, 0.1) is 5.69 Å². The summed E-state index contributed by atoms with van der Waals surface area (Å²) in [5.74, 6) is 0.331. The Morgan fingerprint density at radius 2 is 1.78 bits per heavy atom. The number of benzene rings is 2. The number of anilines is 1. The molecule has 5 heteroatoms. The Kier molecular flexibility index (Phi) is 6.35. The molecule has 0 aliphatic carbocycles. The summed E-state index contributed by atoms with van der Waals surface area (Å²) in [6.45, 7) is 1.48. The quantitative estimate of drug-likeness (QED) is 0.460. The van der Waals surface area contributed by atoms with E-state index in [4.69, 9.17) is 0 Å². The van der Waals surface area contributed by atoms with E-state index in [0.29, 0.717) is 24.1 Å². The number of carbonyl (C=O) groups is 2. The van der Waals surface area contributed by atoms with E-state index >= 15 is 0 Å². The molecule has 0 aromatic heterocycles. The molecule has 0 spiro atoms. The molecule has 0 saturated carbocycles. The molecule has 2 aromatic carbocycles. The van der Waals surface area contributed by atoms with Gasteiger partial charge in [0, 0.05) is 16.9 Å². The Morgan fingerprint density at radius 1 is 1.09 bits per heavy atom. The number of para-hydroxylation sites is 1. The maximum absolute atomic E-state index is 12.8. The number of carbonyl (C=O) groups excluding carboxylic acids is 2. The highest BCUT2D eigenvalue weighted by molar-refractivity contribution is 7.99. The van der Waals surface area contributed by atoms with Gasteiger partial charge in [-0.25, -0.2) is 4.39 Å². The Labute approximate surface area is 139 Å². The predicted molar refractivity (Wildman–Crippen MR) is 91.4 cm³/mol. The third kappa shape index (κ3) is 5.53. The Bertz CT molecular complexity index is 686. The maximum atomic E-state index is 12.8. The van der Waals surface area contributed by atoms with E-state index in [1.807, 2.05) is 0 Å². The van der Waals surface area contributed by atoms with Crippen molar-refractivity contribution >= 4 is 29.1 Å². The van der Waals surface area contributed by atoms with Crippen molar-refractivity contribution in [1.29, 1.82) is 0 Å². The summed E-state index contributed by atoms with van der Waals surface area (Å²) < 4.78 is 12.8. The van der Waals surface area contributed by atoms with Gasteiger partial charge in [-0.1, -0.05) is 12.1 Å². The first-order valence-corrected chi connectivity index (χ1v) is 8.33. The van der Waals surface area contributed by atoms with E-state index in [9.17, 15) is 14.0 Å². The first-order valence-electron chi connectivity index (χ1n) is 7.34. The number of amides is 1. The highest BCUT2D eigenvalue weighted by Gasteiger charge is 2.09. The van der Waals surface area contributed by atoms with Crippen LogP contribution in [-0.4, -0.2) is 17.4 Å². The lowest BCUT2D eigenvalue weighted by Crippen LogP contribution is -2.13. The van der Waals surface area contributed by atoms with Crippen molar-refractivity contribution in [2.75, 3.05) is 11.1 Å². The number of Topliss-reactive ketones (excluding diaryl/α,β-unsaturated/α-hetero) is 1. The number of hydrogen-bond donors (Lipinski definition) is 1. The molecule has 0 aliphatic rings. The van der Waals surface area contributed by atoms with Gasteiger partial charge in [-0.15, -0.1) is 11.8 Å². The number of ketones is 1.